The molecule has 0 spiro atoms. The summed E-state index contributed by atoms with van der Waals surface area (Å²) >= 11 is 0. The largest absolute Gasteiger partial charge is 0.352 e. The maximum absolute atomic E-state index is 14.5. The summed E-state index contributed by atoms with van der Waals surface area (Å²) in [4.78, 5) is 29.8. The van der Waals surface area contributed by atoms with Gasteiger partial charge in [-0.25, -0.2) is 8.42 Å². The van der Waals surface area contributed by atoms with Gasteiger partial charge in [0, 0.05) is 19.0 Å². The van der Waals surface area contributed by atoms with Crippen molar-refractivity contribution in [1.82, 2.24) is 10.2 Å². The number of nitrogens with one attached hydrogen (secondary N) is 1. The number of para-hydroxylation sites is 1. The SMILES string of the molecule is Cc1cccc(CN(C(=O)CN(c2ccccc2C)S(=O)(=O)c2ccccc2)C(Cc2ccccc2)C(=O)NC(C)C)c1. The van der Waals surface area contributed by atoms with Gasteiger partial charge in [-0.05, 0) is 62.6 Å². The molecule has 0 aliphatic heterocycles. The monoisotopic (exact) mass is 597 g/mol. The predicted molar refractivity (Wildman–Crippen MR) is 171 cm³/mol. The first kappa shape index (κ1) is 31.5. The summed E-state index contributed by atoms with van der Waals surface area (Å²) in [7, 11) is -4.12. The fraction of sp³-hybridized carbons (Fsp3) is 0.257. The summed E-state index contributed by atoms with van der Waals surface area (Å²) in [6, 6.07) is 31.4. The van der Waals surface area contributed by atoms with Crippen molar-refractivity contribution in [2.75, 3.05) is 10.8 Å². The lowest BCUT2D eigenvalue weighted by Crippen LogP contribution is -2.54. The molecule has 1 N–H and O–H groups in total. The minimum absolute atomic E-state index is 0.0784. The number of amides is 2. The molecule has 0 fully saturated rings. The molecule has 0 heterocycles. The predicted octanol–water partition coefficient (Wildman–Crippen LogP) is 5.66. The van der Waals surface area contributed by atoms with Gasteiger partial charge in [0.05, 0.1) is 10.6 Å². The van der Waals surface area contributed by atoms with Gasteiger partial charge in [-0.15, -0.1) is 0 Å². The summed E-state index contributed by atoms with van der Waals surface area (Å²) in [6.07, 6.45) is 0.271. The fourth-order valence-electron chi connectivity index (χ4n) is 5.02. The second kappa shape index (κ2) is 14.2. The van der Waals surface area contributed by atoms with Crippen molar-refractivity contribution in [3.05, 3.63) is 131 Å². The van der Waals surface area contributed by atoms with Crippen molar-refractivity contribution >= 4 is 27.5 Å². The summed E-state index contributed by atoms with van der Waals surface area (Å²) < 4.78 is 29.3. The Morgan fingerprint density at radius 3 is 2.00 bits per heavy atom. The van der Waals surface area contributed by atoms with Crippen LogP contribution < -0.4 is 9.62 Å². The van der Waals surface area contributed by atoms with Crippen LogP contribution in [0.1, 0.15) is 36.1 Å². The van der Waals surface area contributed by atoms with E-state index in [1.165, 1.54) is 17.0 Å². The molecule has 8 heteroatoms. The fourth-order valence-corrected chi connectivity index (χ4v) is 6.52. The van der Waals surface area contributed by atoms with Crippen LogP contribution in [0.25, 0.3) is 0 Å². The maximum atomic E-state index is 14.5. The summed E-state index contributed by atoms with van der Waals surface area (Å²) in [6.45, 7) is 7.18. The van der Waals surface area contributed by atoms with E-state index in [4.69, 9.17) is 0 Å². The highest BCUT2D eigenvalue weighted by Gasteiger charge is 2.35. The average Bonchev–Trinajstić information content (AvgIpc) is 2.98. The van der Waals surface area contributed by atoms with E-state index in [0.29, 0.717) is 11.3 Å². The normalized spacial score (nSPS) is 12.0. The highest BCUT2D eigenvalue weighted by Crippen LogP contribution is 2.27. The highest BCUT2D eigenvalue weighted by atomic mass is 32.2. The number of rotatable bonds is 12. The topological polar surface area (TPSA) is 86.8 Å². The van der Waals surface area contributed by atoms with Crippen molar-refractivity contribution in [3.63, 3.8) is 0 Å². The van der Waals surface area contributed by atoms with Crippen molar-refractivity contribution in [3.8, 4) is 0 Å². The zero-order valence-corrected chi connectivity index (χ0v) is 25.9. The Morgan fingerprint density at radius 2 is 1.37 bits per heavy atom. The first-order valence-corrected chi connectivity index (χ1v) is 15.8. The Labute approximate surface area is 255 Å². The van der Waals surface area contributed by atoms with Crippen LogP contribution >= 0.6 is 0 Å². The van der Waals surface area contributed by atoms with E-state index in [1.807, 2.05) is 94.4 Å². The molecule has 0 bridgehead atoms. The minimum Gasteiger partial charge on any atom is -0.352 e. The molecule has 0 aliphatic carbocycles. The molecular formula is C35H39N3O4S. The van der Waals surface area contributed by atoms with E-state index in [2.05, 4.69) is 5.32 Å². The Kier molecular flexibility index (Phi) is 10.4. The second-order valence-electron chi connectivity index (χ2n) is 11.0. The number of carbonyl (C=O) groups excluding carboxylic acids is 2. The molecule has 224 valence electrons. The number of aryl methyl sites for hydroxylation is 2. The number of benzene rings is 4. The molecule has 43 heavy (non-hydrogen) atoms. The smallest absolute Gasteiger partial charge is 0.264 e. The van der Waals surface area contributed by atoms with Crippen LogP contribution in [-0.4, -0.2) is 43.8 Å². The zero-order valence-electron chi connectivity index (χ0n) is 25.1. The summed E-state index contributed by atoms with van der Waals surface area (Å²) in [5.74, 6) is -0.780. The van der Waals surface area contributed by atoms with Gasteiger partial charge in [-0.1, -0.05) is 96.6 Å². The number of anilines is 1. The van der Waals surface area contributed by atoms with Gasteiger partial charge in [0.15, 0.2) is 0 Å². The van der Waals surface area contributed by atoms with Crippen LogP contribution in [-0.2, 0) is 32.6 Å². The molecule has 0 radical (unpaired) electrons. The van der Waals surface area contributed by atoms with Crippen LogP contribution in [0.5, 0.6) is 0 Å². The van der Waals surface area contributed by atoms with Crippen molar-refractivity contribution in [1.29, 1.82) is 0 Å². The summed E-state index contributed by atoms with van der Waals surface area (Å²) in [5.41, 5.74) is 3.86. The van der Waals surface area contributed by atoms with Gasteiger partial charge in [0.2, 0.25) is 11.8 Å². The van der Waals surface area contributed by atoms with Gasteiger partial charge >= 0.3 is 0 Å². The van der Waals surface area contributed by atoms with Crippen LogP contribution in [0, 0.1) is 13.8 Å². The van der Waals surface area contributed by atoms with Gasteiger partial charge in [0.1, 0.15) is 12.6 Å². The quantitative estimate of drug-likeness (QED) is 0.228. The van der Waals surface area contributed by atoms with E-state index in [0.717, 1.165) is 21.0 Å². The summed E-state index contributed by atoms with van der Waals surface area (Å²) in [5, 5.41) is 2.98. The van der Waals surface area contributed by atoms with Crippen LogP contribution in [0.3, 0.4) is 0 Å². The van der Waals surface area contributed by atoms with Gasteiger partial charge in [-0.3, -0.25) is 13.9 Å². The molecule has 1 unspecified atom stereocenters. The molecule has 7 nitrogen and oxygen atoms in total. The molecule has 4 aromatic carbocycles. The Balaban J connectivity index is 1.81. The second-order valence-corrected chi connectivity index (χ2v) is 12.9. The van der Waals surface area contributed by atoms with E-state index in [9.17, 15) is 18.0 Å². The van der Waals surface area contributed by atoms with Gasteiger partial charge in [0.25, 0.3) is 10.0 Å². The number of nitrogens with zero attached hydrogens (tertiary/aromatic N) is 2. The van der Waals surface area contributed by atoms with Crippen molar-refractivity contribution in [2.24, 2.45) is 0 Å². The first-order chi connectivity index (χ1) is 20.6. The number of hydrogen-bond acceptors (Lipinski definition) is 4. The van der Waals surface area contributed by atoms with Crippen LogP contribution in [0.15, 0.2) is 114 Å². The lowest BCUT2D eigenvalue weighted by Gasteiger charge is -2.34. The third-order valence-electron chi connectivity index (χ3n) is 7.13. The number of carbonyl (C=O) groups is 2. The standard InChI is InChI=1S/C35H39N3O4S/c1-26(2)36-35(40)33(23-29-16-7-5-8-17-29)37(24-30-18-13-14-27(3)22-30)34(39)25-38(32-21-12-11-15-28(32)4)43(41,42)31-19-9-6-10-20-31/h5-22,26,33H,23-25H2,1-4H3,(H,36,40). The molecule has 1 atom stereocenters. The first-order valence-electron chi connectivity index (χ1n) is 14.4. The Bertz CT molecular complexity index is 1640. The van der Waals surface area contributed by atoms with Crippen molar-refractivity contribution < 1.29 is 18.0 Å². The van der Waals surface area contributed by atoms with E-state index in [-0.39, 0.29) is 29.8 Å². The van der Waals surface area contributed by atoms with Crippen molar-refractivity contribution in [2.45, 2.75) is 57.6 Å². The van der Waals surface area contributed by atoms with Crippen LogP contribution in [0.2, 0.25) is 0 Å². The lowest BCUT2D eigenvalue weighted by molar-refractivity contribution is -0.140. The van der Waals surface area contributed by atoms with E-state index in [1.54, 1.807) is 30.3 Å². The molecule has 0 aromatic heterocycles. The molecule has 0 saturated heterocycles. The minimum atomic E-state index is -4.12. The maximum Gasteiger partial charge on any atom is 0.264 e. The third-order valence-corrected chi connectivity index (χ3v) is 8.91. The molecular weight excluding hydrogens is 558 g/mol. The molecule has 2 amide bonds. The third kappa shape index (κ3) is 8.11. The van der Waals surface area contributed by atoms with Gasteiger partial charge < -0.3 is 10.2 Å². The van der Waals surface area contributed by atoms with Gasteiger partial charge in [-0.2, -0.15) is 0 Å². The highest BCUT2D eigenvalue weighted by molar-refractivity contribution is 7.92. The zero-order chi connectivity index (χ0) is 31.0. The molecule has 0 saturated carbocycles. The Hall–Kier alpha value is -4.43. The molecule has 4 rings (SSSR count). The number of hydrogen-bond donors (Lipinski definition) is 1. The van der Waals surface area contributed by atoms with E-state index < -0.39 is 28.5 Å². The van der Waals surface area contributed by atoms with E-state index >= 15 is 0 Å². The Morgan fingerprint density at radius 1 is 0.767 bits per heavy atom. The average molecular weight is 598 g/mol. The number of sulfonamides is 1. The lowest BCUT2D eigenvalue weighted by atomic mass is 10.0. The van der Waals surface area contributed by atoms with Crippen LogP contribution in [0.4, 0.5) is 5.69 Å². The molecule has 4 aromatic rings. The molecule has 0 aliphatic rings.